The Morgan fingerprint density at radius 3 is 2.22 bits per heavy atom. The van der Waals surface area contributed by atoms with Gasteiger partial charge in [-0.3, -0.25) is 0 Å². The van der Waals surface area contributed by atoms with Crippen LogP contribution >= 0.6 is 23.2 Å². The minimum Gasteiger partial charge on any atom is -0.399 e. The van der Waals surface area contributed by atoms with Gasteiger partial charge in [0.25, 0.3) is 0 Å². The zero-order valence-electron chi connectivity index (χ0n) is 11.0. The summed E-state index contributed by atoms with van der Waals surface area (Å²) in [6.07, 6.45) is 3.60. The molecule has 100 valence electrons. The lowest BCUT2D eigenvalue weighted by atomic mass is 9.82. The van der Waals surface area contributed by atoms with E-state index in [1.54, 1.807) is 12.1 Å². The molecule has 4 heteroatoms. The lowest BCUT2D eigenvalue weighted by Gasteiger charge is -2.28. The SMILES string of the molecule is CCC1(CC)CCN(c2c(Cl)cc(N)cc2Cl)C1. The molecule has 1 fully saturated rings. The Bertz CT molecular complexity index is 418. The van der Waals surface area contributed by atoms with Crippen LogP contribution in [0.5, 0.6) is 0 Å². The number of nitrogens with two attached hydrogens (primary N) is 1. The second-order valence-corrected chi connectivity index (χ2v) is 6.03. The number of nitrogens with zero attached hydrogens (tertiary/aromatic N) is 1. The molecule has 1 saturated heterocycles. The van der Waals surface area contributed by atoms with Crippen LogP contribution in [0.25, 0.3) is 0 Å². The Morgan fingerprint density at radius 1 is 1.22 bits per heavy atom. The molecule has 2 nitrogen and oxygen atoms in total. The molecule has 0 unspecified atom stereocenters. The Kier molecular flexibility index (Phi) is 3.98. The fraction of sp³-hybridized carbons (Fsp3) is 0.571. The molecule has 1 heterocycles. The summed E-state index contributed by atoms with van der Waals surface area (Å²) >= 11 is 12.6. The number of hydrogen-bond donors (Lipinski definition) is 1. The summed E-state index contributed by atoms with van der Waals surface area (Å²) in [5.41, 5.74) is 7.71. The Hall–Kier alpha value is -0.600. The Balaban J connectivity index is 2.30. The first kappa shape index (κ1) is 13.8. The first-order valence-electron chi connectivity index (χ1n) is 6.51. The van der Waals surface area contributed by atoms with Crippen molar-refractivity contribution in [2.45, 2.75) is 33.1 Å². The monoisotopic (exact) mass is 286 g/mol. The van der Waals surface area contributed by atoms with Gasteiger partial charge in [0.1, 0.15) is 0 Å². The predicted molar refractivity (Wildman–Crippen MR) is 80.7 cm³/mol. The third-order valence-corrected chi connectivity index (χ3v) is 4.87. The molecule has 1 aromatic carbocycles. The second-order valence-electron chi connectivity index (χ2n) is 5.21. The molecule has 2 N–H and O–H groups in total. The van der Waals surface area contributed by atoms with Crippen LogP contribution < -0.4 is 10.6 Å². The minimum atomic E-state index is 0.411. The molecule has 0 bridgehead atoms. The number of halogens is 2. The van der Waals surface area contributed by atoms with E-state index in [2.05, 4.69) is 18.7 Å². The average molecular weight is 287 g/mol. The predicted octanol–water partition coefficient (Wildman–Crippen LogP) is 4.59. The van der Waals surface area contributed by atoms with Crippen LogP contribution in [0.4, 0.5) is 11.4 Å². The largest absolute Gasteiger partial charge is 0.399 e. The van der Waals surface area contributed by atoms with Gasteiger partial charge < -0.3 is 10.6 Å². The molecule has 0 radical (unpaired) electrons. The van der Waals surface area contributed by atoms with E-state index in [-0.39, 0.29) is 0 Å². The lowest BCUT2D eigenvalue weighted by molar-refractivity contribution is 0.301. The summed E-state index contributed by atoms with van der Waals surface area (Å²) < 4.78 is 0. The van der Waals surface area contributed by atoms with Crippen molar-refractivity contribution in [1.29, 1.82) is 0 Å². The molecule has 0 aromatic heterocycles. The standard InChI is InChI=1S/C14H20Cl2N2/c1-3-14(4-2)5-6-18(9-14)13-11(15)7-10(17)8-12(13)16/h7-8H,3-6,9,17H2,1-2H3. The van der Waals surface area contributed by atoms with Gasteiger partial charge in [0.15, 0.2) is 0 Å². The highest BCUT2D eigenvalue weighted by Gasteiger charge is 2.36. The quantitative estimate of drug-likeness (QED) is 0.824. The van der Waals surface area contributed by atoms with Crippen LogP contribution in [0.2, 0.25) is 10.0 Å². The fourth-order valence-electron chi connectivity index (χ4n) is 2.84. The van der Waals surface area contributed by atoms with Crippen molar-refractivity contribution < 1.29 is 0 Å². The summed E-state index contributed by atoms with van der Waals surface area (Å²) in [7, 11) is 0. The van der Waals surface area contributed by atoms with Gasteiger partial charge >= 0.3 is 0 Å². The molecular formula is C14H20Cl2N2. The third kappa shape index (κ3) is 2.41. The molecule has 0 aliphatic carbocycles. The van der Waals surface area contributed by atoms with Crippen LogP contribution in [-0.4, -0.2) is 13.1 Å². The zero-order chi connectivity index (χ0) is 13.3. The Morgan fingerprint density at radius 2 is 1.78 bits per heavy atom. The van der Waals surface area contributed by atoms with Crippen LogP contribution in [0, 0.1) is 5.41 Å². The molecule has 0 spiro atoms. The maximum atomic E-state index is 6.29. The van der Waals surface area contributed by atoms with Crippen molar-refractivity contribution in [2.24, 2.45) is 5.41 Å². The van der Waals surface area contributed by atoms with Crippen molar-refractivity contribution in [3.05, 3.63) is 22.2 Å². The molecular weight excluding hydrogens is 267 g/mol. The topological polar surface area (TPSA) is 29.3 Å². The highest BCUT2D eigenvalue weighted by molar-refractivity contribution is 6.39. The van der Waals surface area contributed by atoms with Crippen LogP contribution in [0.1, 0.15) is 33.1 Å². The third-order valence-electron chi connectivity index (χ3n) is 4.29. The number of anilines is 2. The van der Waals surface area contributed by atoms with Crippen LogP contribution in [0.15, 0.2) is 12.1 Å². The van der Waals surface area contributed by atoms with E-state index >= 15 is 0 Å². The van der Waals surface area contributed by atoms with Gasteiger partial charge in [-0.2, -0.15) is 0 Å². The van der Waals surface area contributed by atoms with Crippen molar-refractivity contribution >= 4 is 34.6 Å². The van der Waals surface area contributed by atoms with E-state index in [1.165, 1.54) is 19.3 Å². The van der Waals surface area contributed by atoms with Gasteiger partial charge in [0.05, 0.1) is 15.7 Å². The normalized spacial score (nSPS) is 18.3. The molecule has 1 aromatic rings. The van der Waals surface area contributed by atoms with E-state index in [0.717, 1.165) is 18.8 Å². The second kappa shape index (κ2) is 5.18. The zero-order valence-corrected chi connectivity index (χ0v) is 12.5. The Labute approximate surface area is 119 Å². The van der Waals surface area contributed by atoms with Crippen molar-refractivity contribution in [2.75, 3.05) is 23.7 Å². The summed E-state index contributed by atoms with van der Waals surface area (Å²) in [4.78, 5) is 2.30. The number of rotatable bonds is 3. The van der Waals surface area contributed by atoms with Gasteiger partial charge in [-0.05, 0) is 36.8 Å². The minimum absolute atomic E-state index is 0.411. The van der Waals surface area contributed by atoms with Gasteiger partial charge in [-0.15, -0.1) is 0 Å². The van der Waals surface area contributed by atoms with Crippen LogP contribution in [0.3, 0.4) is 0 Å². The van der Waals surface area contributed by atoms with Gasteiger partial charge in [-0.25, -0.2) is 0 Å². The number of benzene rings is 1. The van der Waals surface area contributed by atoms with E-state index < -0.39 is 0 Å². The van der Waals surface area contributed by atoms with E-state index in [4.69, 9.17) is 28.9 Å². The smallest absolute Gasteiger partial charge is 0.0746 e. The van der Waals surface area contributed by atoms with Gasteiger partial charge in [-0.1, -0.05) is 37.0 Å². The lowest BCUT2D eigenvalue weighted by Crippen LogP contribution is -2.26. The maximum absolute atomic E-state index is 6.29. The van der Waals surface area contributed by atoms with Gasteiger partial charge in [0.2, 0.25) is 0 Å². The molecule has 0 amide bonds. The van der Waals surface area contributed by atoms with Crippen molar-refractivity contribution in [1.82, 2.24) is 0 Å². The average Bonchev–Trinajstić information content (AvgIpc) is 2.73. The first-order valence-corrected chi connectivity index (χ1v) is 7.26. The summed E-state index contributed by atoms with van der Waals surface area (Å²) in [5, 5.41) is 1.31. The van der Waals surface area contributed by atoms with E-state index in [9.17, 15) is 0 Å². The van der Waals surface area contributed by atoms with Crippen molar-refractivity contribution in [3.8, 4) is 0 Å². The molecule has 1 aliphatic rings. The highest BCUT2D eigenvalue weighted by Crippen LogP contribution is 2.44. The summed E-state index contributed by atoms with van der Waals surface area (Å²) in [6.45, 7) is 6.58. The first-order chi connectivity index (χ1) is 8.51. The molecule has 0 saturated carbocycles. The molecule has 2 rings (SSSR count). The maximum Gasteiger partial charge on any atom is 0.0746 e. The van der Waals surface area contributed by atoms with Gasteiger partial charge in [0, 0.05) is 18.8 Å². The van der Waals surface area contributed by atoms with Crippen molar-refractivity contribution in [3.63, 3.8) is 0 Å². The number of nitrogen functional groups attached to an aromatic ring is 1. The van der Waals surface area contributed by atoms with E-state index in [1.807, 2.05) is 0 Å². The fourth-order valence-corrected chi connectivity index (χ4v) is 3.58. The summed E-state index contributed by atoms with van der Waals surface area (Å²) in [5.74, 6) is 0. The molecule has 0 atom stereocenters. The summed E-state index contributed by atoms with van der Waals surface area (Å²) in [6, 6.07) is 3.56. The molecule has 1 aliphatic heterocycles. The molecule has 18 heavy (non-hydrogen) atoms. The van der Waals surface area contributed by atoms with E-state index in [0.29, 0.717) is 21.1 Å². The highest BCUT2D eigenvalue weighted by atomic mass is 35.5. The number of hydrogen-bond acceptors (Lipinski definition) is 2. The van der Waals surface area contributed by atoms with Crippen LogP contribution in [-0.2, 0) is 0 Å².